The molecular formula is C24H33NSi. The van der Waals surface area contributed by atoms with E-state index >= 15 is 0 Å². The van der Waals surface area contributed by atoms with Crippen LogP contribution in [0.4, 0.5) is 0 Å². The summed E-state index contributed by atoms with van der Waals surface area (Å²) in [6.07, 6.45) is 6.13. The van der Waals surface area contributed by atoms with Gasteiger partial charge in [0.05, 0.1) is 0 Å². The molecule has 2 aromatic rings. The lowest BCUT2D eigenvalue weighted by atomic mass is 9.99. The van der Waals surface area contributed by atoms with Crippen molar-refractivity contribution >= 4 is 13.8 Å². The van der Waals surface area contributed by atoms with Crippen LogP contribution >= 0.6 is 0 Å². The highest BCUT2D eigenvalue weighted by Crippen LogP contribution is 2.42. The number of aryl methyl sites for hydroxylation is 1. The molecule has 0 amide bonds. The molecule has 0 fully saturated rings. The first kappa shape index (κ1) is 19.1. The monoisotopic (exact) mass is 363 g/mol. The maximum atomic E-state index is 3.98. The summed E-state index contributed by atoms with van der Waals surface area (Å²) in [5.74, 6) is 0. The smallest absolute Gasteiger partial charge is 0.131 e. The van der Waals surface area contributed by atoms with E-state index in [9.17, 15) is 0 Å². The van der Waals surface area contributed by atoms with E-state index in [-0.39, 0.29) is 5.54 Å². The van der Waals surface area contributed by atoms with Crippen molar-refractivity contribution in [1.29, 1.82) is 0 Å². The van der Waals surface area contributed by atoms with E-state index in [1.807, 2.05) is 0 Å². The van der Waals surface area contributed by atoms with Crippen LogP contribution in [0.2, 0.25) is 13.1 Å². The first-order valence-corrected chi connectivity index (χ1v) is 13.0. The van der Waals surface area contributed by atoms with E-state index in [0.717, 1.165) is 6.42 Å². The van der Waals surface area contributed by atoms with Crippen LogP contribution in [-0.4, -0.2) is 13.8 Å². The number of fused-ring (bicyclic) bond motifs is 1. The van der Waals surface area contributed by atoms with Crippen LogP contribution in [-0.2, 0) is 6.42 Å². The van der Waals surface area contributed by atoms with Gasteiger partial charge in [-0.25, -0.2) is 0 Å². The molecule has 1 aliphatic rings. The van der Waals surface area contributed by atoms with E-state index in [0.29, 0.717) is 5.54 Å². The summed E-state index contributed by atoms with van der Waals surface area (Å²) >= 11 is 0. The Morgan fingerprint density at radius 2 is 1.54 bits per heavy atom. The summed E-state index contributed by atoms with van der Waals surface area (Å²) in [5, 5.41) is 0. The SMILES string of the molecule is CC(C)(C)N[Si](C)(C)C1C=C(CCCc2ccccc2)c2ccccc21. The van der Waals surface area contributed by atoms with Crippen molar-refractivity contribution in [3.63, 3.8) is 0 Å². The summed E-state index contributed by atoms with van der Waals surface area (Å²) in [6.45, 7) is 11.8. The molecule has 26 heavy (non-hydrogen) atoms. The lowest BCUT2D eigenvalue weighted by molar-refractivity contribution is 0.509. The van der Waals surface area contributed by atoms with Crippen LogP contribution in [0.15, 0.2) is 60.7 Å². The summed E-state index contributed by atoms with van der Waals surface area (Å²) in [6, 6.07) is 19.9. The van der Waals surface area contributed by atoms with Crippen molar-refractivity contribution in [2.75, 3.05) is 0 Å². The molecule has 0 radical (unpaired) electrons. The molecule has 0 saturated heterocycles. The second kappa shape index (κ2) is 7.54. The fourth-order valence-corrected chi connectivity index (χ4v) is 8.16. The van der Waals surface area contributed by atoms with Gasteiger partial charge >= 0.3 is 0 Å². The molecule has 0 spiro atoms. The summed E-state index contributed by atoms with van der Waals surface area (Å²) in [4.78, 5) is 3.98. The van der Waals surface area contributed by atoms with Crippen LogP contribution < -0.4 is 4.98 Å². The number of hydrogen-bond acceptors (Lipinski definition) is 1. The van der Waals surface area contributed by atoms with Crippen molar-refractivity contribution in [3.05, 3.63) is 77.4 Å². The molecule has 0 saturated carbocycles. The average molecular weight is 364 g/mol. The number of benzene rings is 2. The topological polar surface area (TPSA) is 12.0 Å². The summed E-state index contributed by atoms with van der Waals surface area (Å²) in [7, 11) is -1.63. The van der Waals surface area contributed by atoms with Gasteiger partial charge in [-0.15, -0.1) is 0 Å². The molecule has 1 unspecified atom stereocenters. The van der Waals surface area contributed by atoms with Gasteiger partial charge in [0.2, 0.25) is 0 Å². The van der Waals surface area contributed by atoms with Crippen LogP contribution in [0.3, 0.4) is 0 Å². The Morgan fingerprint density at radius 1 is 0.885 bits per heavy atom. The predicted molar refractivity (Wildman–Crippen MR) is 117 cm³/mol. The maximum Gasteiger partial charge on any atom is 0.131 e. The minimum Gasteiger partial charge on any atom is -0.332 e. The summed E-state index contributed by atoms with van der Waals surface area (Å²) < 4.78 is 0. The Bertz CT molecular complexity index is 768. The predicted octanol–water partition coefficient (Wildman–Crippen LogP) is 6.32. The fraction of sp³-hybridized carbons (Fsp3) is 0.417. The van der Waals surface area contributed by atoms with E-state index in [1.54, 1.807) is 5.57 Å². The van der Waals surface area contributed by atoms with Crippen LogP contribution in [0.1, 0.15) is 55.8 Å². The zero-order valence-corrected chi connectivity index (χ0v) is 18.0. The first-order valence-electron chi connectivity index (χ1n) is 9.89. The van der Waals surface area contributed by atoms with Gasteiger partial charge in [0.15, 0.2) is 0 Å². The van der Waals surface area contributed by atoms with Gasteiger partial charge in [-0.1, -0.05) is 73.8 Å². The van der Waals surface area contributed by atoms with Crippen molar-refractivity contribution in [2.24, 2.45) is 0 Å². The molecule has 3 rings (SSSR count). The average Bonchev–Trinajstić information content (AvgIpc) is 2.94. The van der Waals surface area contributed by atoms with Gasteiger partial charge < -0.3 is 4.98 Å². The van der Waals surface area contributed by atoms with Gasteiger partial charge in [-0.05, 0) is 62.3 Å². The molecule has 138 valence electrons. The Morgan fingerprint density at radius 3 is 2.23 bits per heavy atom. The Kier molecular flexibility index (Phi) is 5.54. The largest absolute Gasteiger partial charge is 0.332 e. The third-order valence-corrected chi connectivity index (χ3v) is 8.67. The van der Waals surface area contributed by atoms with Crippen LogP contribution in [0.5, 0.6) is 0 Å². The second-order valence-electron chi connectivity index (χ2n) is 9.19. The minimum atomic E-state index is -1.63. The van der Waals surface area contributed by atoms with E-state index in [1.165, 1.54) is 29.5 Å². The molecular weight excluding hydrogens is 330 g/mol. The lowest BCUT2D eigenvalue weighted by Crippen LogP contribution is -2.57. The van der Waals surface area contributed by atoms with Gasteiger partial charge in [0, 0.05) is 11.1 Å². The highest BCUT2D eigenvalue weighted by Gasteiger charge is 2.39. The Balaban J connectivity index is 1.77. The third-order valence-electron chi connectivity index (χ3n) is 5.24. The first-order chi connectivity index (χ1) is 12.3. The zero-order chi connectivity index (χ0) is 18.8. The molecule has 0 bridgehead atoms. The molecule has 0 aliphatic heterocycles. The molecule has 0 aromatic heterocycles. The number of rotatable bonds is 6. The zero-order valence-electron chi connectivity index (χ0n) is 17.0. The minimum absolute atomic E-state index is 0.161. The van der Waals surface area contributed by atoms with Crippen molar-refractivity contribution in [1.82, 2.24) is 4.98 Å². The molecule has 2 heteroatoms. The highest BCUT2D eigenvalue weighted by molar-refractivity contribution is 6.77. The molecule has 1 atom stereocenters. The molecule has 1 nitrogen and oxygen atoms in total. The van der Waals surface area contributed by atoms with Crippen molar-refractivity contribution < 1.29 is 0 Å². The van der Waals surface area contributed by atoms with Gasteiger partial charge in [-0.3, -0.25) is 0 Å². The van der Waals surface area contributed by atoms with Crippen molar-refractivity contribution in [3.8, 4) is 0 Å². The van der Waals surface area contributed by atoms with Gasteiger partial charge in [0.1, 0.15) is 8.24 Å². The quantitative estimate of drug-likeness (QED) is 0.592. The molecule has 1 N–H and O–H groups in total. The van der Waals surface area contributed by atoms with Gasteiger partial charge in [0.25, 0.3) is 0 Å². The molecule has 2 aromatic carbocycles. The standard InChI is InChI=1S/C24H33NSi/c1-24(2,3)25-26(4,5)23-18-20(21-16-9-10-17-22(21)23)15-11-14-19-12-7-6-8-13-19/h6-10,12-13,16-18,23,25H,11,14-15H2,1-5H3. The fourth-order valence-electron chi connectivity index (χ4n) is 4.43. The number of hydrogen-bond donors (Lipinski definition) is 1. The normalized spacial score (nSPS) is 17.1. The van der Waals surface area contributed by atoms with Gasteiger partial charge in [-0.2, -0.15) is 0 Å². The lowest BCUT2D eigenvalue weighted by Gasteiger charge is -2.37. The van der Waals surface area contributed by atoms with Crippen molar-refractivity contribution in [2.45, 2.75) is 64.2 Å². The van der Waals surface area contributed by atoms with Crippen LogP contribution in [0, 0.1) is 0 Å². The molecule has 1 aliphatic carbocycles. The number of nitrogens with one attached hydrogen (secondary N) is 1. The molecule has 0 heterocycles. The number of allylic oxidation sites excluding steroid dienone is 2. The maximum absolute atomic E-state index is 3.98. The Hall–Kier alpha value is -1.64. The third kappa shape index (κ3) is 4.55. The van der Waals surface area contributed by atoms with E-state index in [2.05, 4.69) is 99.5 Å². The Labute approximate surface area is 160 Å². The van der Waals surface area contributed by atoms with E-state index < -0.39 is 8.24 Å². The highest BCUT2D eigenvalue weighted by atomic mass is 28.3. The second-order valence-corrected chi connectivity index (χ2v) is 13.5. The van der Waals surface area contributed by atoms with E-state index in [4.69, 9.17) is 0 Å². The van der Waals surface area contributed by atoms with Crippen LogP contribution in [0.25, 0.3) is 5.57 Å². The summed E-state index contributed by atoms with van der Waals surface area (Å²) in [5.41, 5.74) is 6.74.